The lowest BCUT2D eigenvalue weighted by Gasteiger charge is -2.07. The molecule has 1 N–H and O–H groups in total. The van der Waals surface area contributed by atoms with E-state index >= 15 is 0 Å². The van der Waals surface area contributed by atoms with E-state index in [9.17, 15) is 14.4 Å². The van der Waals surface area contributed by atoms with E-state index in [4.69, 9.17) is 5.11 Å². The molecule has 0 amide bonds. The average molecular weight is 228 g/mol. The van der Waals surface area contributed by atoms with Crippen molar-refractivity contribution >= 4 is 17.7 Å². The van der Waals surface area contributed by atoms with Crippen LogP contribution < -0.4 is 11.2 Å². The molecule has 1 aromatic heterocycles. The minimum absolute atomic E-state index is 0.274. The Morgan fingerprint density at radius 2 is 2.13 bits per heavy atom. The lowest BCUT2D eigenvalue weighted by Crippen LogP contribution is -2.41. The predicted molar refractivity (Wildman–Crippen MR) is 53.6 cm³/mol. The van der Waals surface area contributed by atoms with Gasteiger partial charge in [-0.1, -0.05) is 0 Å². The average Bonchev–Trinajstić information content (AvgIpc) is 2.62. The molecule has 2 rings (SSSR count). The molecule has 0 saturated carbocycles. The number of nitrogens with zero attached hydrogens (tertiary/aromatic N) is 2. The molecule has 1 aliphatic rings. The van der Waals surface area contributed by atoms with Gasteiger partial charge in [-0.15, -0.1) is 11.8 Å². The van der Waals surface area contributed by atoms with Gasteiger partial charge in [-0.25, -0.2) is 9.59 Å². The van der Waals surface area contributed by atoms with Crippen molar-refractivity contribution in [1.29, 1.82) is 0 Å². The van der Waals surface area contributed by atoms with Crippen LogP contribution in [-0.2, 0) is 13.6 Å². The first-order chi connectivity index (χ1) is 7.04. The predicted octanol–water partition coefficient (Wildman–Crippen LogP) is -0.649. The maximum absolute atomic E-state index is 11.6. The number of rotatable bonds is 1. The smallest absolute Gasteiger partial charge is 0.344 e. The molecule has 0 saturated heterocycles. The minimum Gasteiger partial charge on any atom is -0.477 e. The number of aromatic carboxylic acids is 1. The molecule has 0 atom stereocenters. The Labute approximate surface area is 88.1 Å². The highest BCUT2D eigenvalue weighted by atomic mass is 32.2. The molecule has 1 aliphatic heterocycles. The van der Waals surface area contributed by atoms with E-state index in [1.165, 1.54) is 23.4 Å². The lowest BCUT2D eigenvalue weighted by molar-refractivity contribution is 0.0688. The first kappa shape index (κ1) is 10.0. The van der Waals surface area contributed by atoms with Crippen LogP contribution in [0.25, 0.3) is 0 Å². The normalized spacial score (nSPS) is 13.9. The zero-order valence-corrected chi connectivity index (χ0v) is 8.71. The number of carboxylic acid groups (broad SMARTS) is 1. The Kier molecular flexibility index (Phi) is 2.18. The molecule has 0 unspecified atom stereocenters. The third-order valence-electron chi connectivity index (χ3n) is 2.26. The molecule has 2 heterocycles. The fraction of sp³-hybridized carbons (Fsp3) is 0.375. The van der Waals surface area contributed by atoms with Crippen molar-refractivity contribution < 1.29 is 9.90 Å². The Bertz CT molecular complexity index is 557. The van der Waals surface area contributed by atoms with Crippen molar-refractivity contribution in [3.05, 3.63) is 26.4 Å². The summed E-state index contributed by atoms with van der Waals surface area (Å²) in [6, 6.07) is 0. The van der Waals surface area contributed by atoms with Crippen molar-refractivity contribution in [3.63, 3.8) is 0 Å². The summed E-state index contributed by atoms with van der Waals surface area (Å²) in [6.07, 6.45) is 0. The first-order valence-corrected chi connectivity index (χ1v) is 5.22. The van der Waals surface area contributed by atoms with E-state index in [1.54, 1.807) is 0 Å². The van der Waals surface area contributed by atoms with Gasteiger partial charge in [0.15, 0.2) is 5.56 Å². The monoisotopic (exact) mass is 228 g/mol. The van der Waals surface area contributed by atoms with Gasteiger partial charge in [-0.2, -0.15) is 0 Å². The molecule has 80 valence electrons. The number of thioether (sulfide) groups is 1. The number of hydrogen-bond acceptors (Lipinski definition) is 4. The summed E-state index contributed by atoms with van der Waals surface area (Å²) in [7, 11) is 1.29. The zero-order valence-electron chi connectivity index (χ0n) is 7.89. The summed E-state index contributed by atoms with van der Waals surface area (Å²) in [4.78, 5) is 34.0. The largest absolute Gasteiger partial charge is 0.477 e. The topological polar surface area (TPSA) is 81.3 Å². The van der Waals surface area contributed by atoms with E-state index < -0.39 is 17.2 Å². The molecule has 0 aromatic carbocycles. The number of carboxylic acids is 1. The summed E-state index contributed by atoms with van der Waals surface area (Å²) in [5, 5.41) is 9.18. The Morgan fingerprint density at radius 3 is 2.73 bits per heavy atom. The second-order valence-electron chi connectivity index (χ2n) is 3.13. The van der Waals surface area contributed by atoms with Gasteiger partial charge >= 0.3 is 11.7 Å². The molecule has 0 bridgehead atoms. The molecular formula is C8H8N2O4S. The van der Waals surface area contributed by atoms with Crippen LogP contribution in [0.3, 0.4) is 0 Å². The number of fused-ring (bicyclic) bond motifs is 1. The number of hydrogen-bond donors (Lipinski definition) is 1. The van der Waals surface area contributed by atoms with Crippen molar-refractivity contribution in [2.24, 2.45) is 7.05 Å². The highest BCUT2D eigenvalue weighted by Gasteiger charge is 2.25. The third kappa shape index (κ3) is 1.30. The van der Waals surface area contributed by atoms with Gasteiger partial charge in [-0.3, -0.25) is 13.9 Å². The summed E-state index contributed by atoms with van der Waals surface area (Å²) in [5.74, 6) is -0.660. The Hall–Kier alpha value is -1.50. The quantitative estimate of drug-likeness (QED) is 0.646. The van der Waals surface area contributed by atoms with Gasteiger partial charge in [0.05, 0.1) is 5.03 Å². The minimum atomic E-state index is -1.28. The van der Waals surface area contributed by atoms with Crippen molar-refractivity contribution in [1.82, 2.24) is 9.13 Å². The fourth-order valence-electron chi connectivity index (χ4n) is 1.51. The van der Waals surface area contributed by atoms with E-state index in [2.05, 4.69) is 0 Å². The highest BCUT2D eigenvalue weighted by Crippen LogP contribution is 2.25. The van der Waals surface area contributed by atoms with Gasteiger partial charge in [0, 0.05) is 19.3 Å². The molecule has 0 radical (unpaired) electrons. The van der Waals surface area contributed by atoms with Gasteiger partial charge in [0.2, 0.25) is 0 Å². The number of aromatic nitrogens is 2. The van der Waals surface area contributed by atoms with Crippen LogP contribution in [0.5, 0.6) is 0 Å². The van der Waals surface area contributed by atoms with E-state index in [0.717, 1.165) is 4.57 Å². The van der Waals surface area contributed by atoms with Gasteiger partial charge in [0.1, 0.15) is 0 Å². The third-order valence-corrected chi connectivity index (χ3v) is 3.35. The van der Waals surface area contributed by atoms with E-state index in [0.29, 0.717) is 12.3 Å². The van der Waals surface area contributed by atoms with Crippen LogP contribution in [0.15, 0.2) is 14.6 Å². The van der Waals surface area contributed by atoms with Crippen LogP contribution >= 0.6 is 11.8 Å². The molecule has 7 heteroatoms. The molecule has 1 aromatic rings. The second-order valence-corrected chi connectivity index (χ2v) is 4.22. The fourth-order valence-corrected chi connectivity index (χ4v) is 2.62. The van der Waals surface area contributed by atoms with Gasteiger partial charge in [0.25, 0.3) is 5.56 Å². The van der Waals surface area contributed by atoms with Crippen LogP contribution in [0.4, 0.5) is 0 Å². The molecule has 0 spiro atoms. The zero-order chi connectivity index (χ0) is 11.2. The second kappa shape index (κ2) is 3.27. The van der Waals surface area contributed by atoms with E-state index in [-0.39, 0.29) is 10.6 Å². The summed E-state index contributed by atoms with van der Waals surface area (Å²) in [5.41, 5.74) is -1.50. The van der Waals surface area contributed by atoms with Crippen molar-refractivity contribution in [2.45, 2.75) is 11.6 Å². The van der Waals surface area contributed by atoms with Gasteiger partial charge < -0.3 is 5.11 Å². The molecule has 6 nitrogen and oxygen atoms in total. The Balaban J connectivity index is 2.94. The van der Waals surface area contributed by atoms with Crippen LogP contribution in [0.2, 0.25) is 0 Å². The van der Waals surface area contributed by atoms with E-state index in [1.807, 2.05) is 0 Å². The maximum atomic E-state index is 11.6. The summed E-state index contributed by atoms with van der Waals surface area (Å²) >= 11 is 1.23. The lowest BCUT2D eigenvalue weighted by atomic mass is 10.3. The molecular weight excluding hydrogens is 220 g/mol. The molecule has 15 heavy (non-hydrogen) atoms. The Morgan fingerprint density at radius 1 is 1.47 bits per heavy atom. The first-order valence-electron chi connectivity index (χ1n) is 4.24. The van der Waals surface area contributed by atoms with Crippen LogP contribution in [-0.4, -0.2) is 26.0 Å². The molecule has 0 fully saturated rings. The summed E-state index contributed by atoms with van der Waals surface area (Å²) in [6.45, 7) is 0.452. The highest BCUT2D eigenvalue weighted by molar-refractivity contribution is 7.99. The SMILES string of the molecule is Cn1c(=O)c(C(=O)O)c2n(c1=O)CCS2. The van der Waals surface area contributed by atoms with Crippen LogP contribution in [0.1, 0.15) is 10.4 Å². The number of carbonyl (C=O) groups is 1. The summed E-state index contributed by atoms with van der Waals surface area (Å²) < 4.78 is 2.16. The maximum Gasteiger partial charge on any atom is 0.344 e. The van der Waals surface area contributed by atoms with Crippen LogP contribution in [0, 0.1) is 0 Å². The van der Waals surface area contributed by atoms with Crippen molar-refractivity contribution in [3.8, 4) is 0 Å². The van der Waals surface area contributed by atoms with Crippen molar-refractivity contribution in [2.75, 3.05) is 5.75 Å². The molecule has 0 aliphatic carbocycles. The standard InChI is InChI=1S/C8H8N2O4S/c1-9-5(11)4(7(12)13)6-10(8(9)14)2-3-15-6/h2-3H2,1H3,(H,12,13). The van der Waals surface area contributed by atoms with Gasteiger partial charge in [-0.05, 0) is 0 Å².